The molecule has 1 atom stereocenters. The molecule has 0 aliphatic carbocycles. The van der Waals surface area contributed by atoms with Crippen LogP contribution < -0.4 is 0 Å². The second-order valence-electron chi connectivity index (χ2n) is 7.26. The number of carbonyl (C=O) groups excluding carboxylic acids is 1. The highest BCUT2D eigenvalue weighted by Crippen LogP contribution is 2.31. The van der Waals surface area contributed by atoms with Gasteiger partial charge in [0.25, 0.3) is 0 Å². The van der Waals surface area contributed by atoms with Gasteiger partial charge in [-0.2, -0.15) is 0 Å². The fourth-order valence-electron chi connectivity index (χ4n) is 3.90. The first-order chi connectivity index (χ1) is 11.6. The molecule has 0 aromatic heterocycles. The zero-order valence-corrected chi connectivity index (χ0v) is 14.9. The Hall–Kier alpha value is -1.65. The Labute approximate surface area is 145 Å². The van der Waals surface area contributed by atoms with E-state index in [1.54, 1.807) is 0 Å². The fraction of sp³-hybridized carbons (Fsp3) is 0.550. The molecule has 4 nitrogen and oxygen atoms in total. The van der Waals surface area contributed by atoms with Gasteiger partial charge in [0.2, 0.25) is 5.91 Å². The minimum absolute atomic E-state index is 0.152. The molecule has 1 aromatic rings. The summed E-state index contributed by atoms with van der Waals surface area (Å²) in [7, 11) is 4.16. The Morgan fingerprint density at radius 2 is 1.88 bits per heavy atom. The molecule has 0 saturated carbocycles. The molecule has 130 valence electrons. The number of nitrogens with zero attached hydrogens (tertiary/aromatic N) is 3. The number of hydrogen-bond donors (Lipinski definition) is 0. The van der Waals surface area contributed by atoms with Crippen LogP contribution in [-0.4, -0.2) is 73.0 Å². The second-order valence-corrected chi connectivity index (χ2v) is 7.26. The first kappa shape index (κ1) is 17.2. The van der Waals surface area contributed by atoms with Crippen molar-refractivity contribution < 1.29 is 4.79 Å². The maximum absolute atomic E-state index is 12.0. The first-order valence-corrected chi connectivity index (χ1v) is 8.98. The van der Waals surface area contributed by atoms with Crippen LogP contribution in [0.5, 0.6) is 0 Å². The Morgan fingerprint density at radius 1 is 1.08 bits per heavy atom. The van der Waals surface area contributed by atoms with E-state index >= 15 is 0 Å². The molecule has 4 heteroatoms. The van der Waals surface area contributed by atoms with Crippen LogP contribution in [0.3, 0.4) is 0 Å². The monoisotopic (exact) mass is 327 g/mol. The molecular weight excluding hydrogens is 298 g/mol. The number of piperazine rings is 1. The summed E-state index contributed by atoms with van der Waals surface area (Å²) >= 11 is 0. The third kappa shape index (κ3) is 3.87. The van der Waals surface area contributed by atoms with Crippen molar-refractivity contribution in [1.82, 2.24) is 14.7 Å². The van der Waals surface area contributed by atoms with Gasteiger partial charge in [-0.1, -0.05) is 42.5 Å². The van der Waals surface area contributed by atoms with E-state index in [0.29, 0.717) is 12.3 Å². The predicted octanol–water partition coefficient (Wildman–Crippen LogP) is 2.33. The number of likely N-dealkylation sites (N-methyl/N-ethyl adjacent to an activating group) is 1. The van der Waals surface area contributed by atoms with Gasteiger partial charge in [-0.05, 0) is 25.5 Å². The van der Waals surface area contributed by atoms with Crippen LogP contribution in [0.4, 0.5) is 0 Å². The first-order valence-electron chi connectivity index (χ1n) is 8.98. The third-order valence-electron chi connectivity index (χ3n) is 5.70. The summed E-state index contributed by atoms with van der Waals surface area (Å²) in [6, 6.07) is 10.5. The van der Waals surface area contributed by atoms with Gasteiger partial charge in [0.15, 0.2) is 0 Å². The van der Waals surface area contributed by atoms with Gasteiger partial charge in [0.05, 0.1) is 0 Å². The maximum atomic E-state index is 12.0. The van der Waals surface area contributed by atoms with Crippen molar-refractivity contribution in [2.75, 3.05) is 46.8 Å². The van der Waals surface area contributed by atoms with Crippen molar-refractivity contribution in [3.05, 3.63) is 42.0 Å². The Bertz CT molecular complexity index is 586. The zero-order valence-electron chi connectivity index (χ0n) is 14.9. The van der Waals surface area contributed by atoms with E-state index < -0.39 is 0 Å². The van der Waals surface area contributed by atoms with Crippen LogP contribution in [-0.2, 0) is 4.79 Å². The Kier molecular flexibility index (Phi) is 5.36. The number of carbonyl (C=O) groups is 1. The lowest BCUT2D eigenvalue weighted by Crippen LogP contribution is -2.61. The van der Waals surface area contributed by atoms with Gasteiger partial charge in [0.1, 0.15) is 0 Å². The maximum Gasteiger partial charge on any atom is 0.222 e. The normalized spacial score (nSPS) is 27.1. The highest BCUT2D eigenvalue weighted by Gasteiger charge is 2.41. The van der Waals surface area contributed by atoms with Crippen molar-refractivity contribution in [2.24, 2.45) is 0 Å². The van der Waals surface area contributed by atoms with Gasteiger partial charge in [-0.3, -0.25) is 14.6 Å². The lowest BCUT2D eigenvalue weighted by Gasteiger charge is -2.49. The highest BCUT2D eigenvalue weighted by molar-refractivity contribution is 5.76. The molecule has 0 unspecified atom stereocenters. The fourth-order valence-corrected chi connectivity index (χ4v) is 3.90. The summed E-state index contributed by atoms with van der Waals surface area (Å²) < 4.78 is 0. The number of amides is 1. The van der Waals surface area contributed by atoms with Crippen molar-refractivity contribution in [3.8, 4) is 0 Å². The second kappa shape index (κ2) is 7.49. The summed E-state index contributed by atoms with van der Waals surface area (Å²) in [5.41, 5.74) is 1.40. The van der Waals surface area contributed by atoms with Crippen LogP contribution in [0.2, 0.25) is 0 Å². The SMILES string of the molecule is CN1CC[C@]2(CCC1=O)CN(C/C=C/c1ccccc1)CCN2C. The Morgan fingerprint density at radius 3 is 2.67 bits per heavy atom. The van der Waals surface area contributed by atoms with Crippen LogP contribution >= 0.6 is 0 Å². The lowest BCUT2D eigenvalue weighted by atomic mass is 9.86. The molecule has 2 heterocycles. The molecule has 2 fully saturated rings. The van der Waals surface area contributed by atoms with Crippen LogP contribution in [0, 0.1) is 0 Å². The molecule has 2 saturated heterocycles. The minimum atomic E-state index is 0.152. The van der Waals surface area contributed by atoms with Crippen LogP contribution in [0.1, 0.15) is 24.8 Å². The van der Waals surface area contributed by atoms with Crippen molar-refractivity contribution in [1.29, 1.82) is 0 Å². The quantitative estimate of drug-likeness (QED) is 0.852. The van der Waals surface area contributed by atoms with E-state index in [2.05, 4.69) is 53.3 Å². The van der Waals surface area contributed by atoms with E-state index in [9.17, 15) is 4.79 Å². The van der Waals surface area contributed by atoms with Gasteiger partial charge in [-0.15, -0.1) is 0 Å². The van der Waals surface area contributed by atoms with Gasteiger partial charge in [-0.25, -0.2) is 0 Å². The van der Waals surface area contributed by atoms with Crippen molar-refractivity contribution in [2.45, 2.75) is 24.8 Å². The number of benzene rings is 1. The molecule has 0 N–H and O–H groups in total. The van der Waals surface area contributed by atoms with E-state index in [4.69, 9.17) is 0 Å². The van der Waals surface area contributed by atoms with Crippen molar-refractivity contribution >= 4 is 12.0 Å². The molecule has 1 aromatic carbocycles. The summed E-state index contributed by atoms with van der Waals surface area (Å²) in [6.45, 7) is 5.09. The summed E-state index contributed by atoms with van der Waals surface area (Å²) in [5.74, 6) is 0.293. The lowest BCUT2D eigenvalue weighted by molar-refractivity contribution is -0.129. The standard InChI is InChI=1S/C20H29N3O/c1-21-14-12-20(11-10-19(21)24)17-23(16-15-22(20)2)13-6-9-18-7-4-3-5-8-18/h3-9H,10-17H2,1-2H3/b9-6+/t20-/m1/s1. The summed E-state index contributed by atoms with van der Waals surface area (Å²) in [5, 5.41) is 0. The van der Waals surface area contributed by atoms with Gasteiger partial charge >= 0.3 is 0 Å². The molecule has 24 heavy (non-hydrogen) atoms. The van der Waals surface area contributed by atoms with E-state index in [1.165, 1.54) is 5.56 Å². The van der Waals surface area contributed by atoms with Crippen LogP contribution in [0.25, 0.3) is 6.08 Å². The highest BCUT2D eigenvalue weighted by atomic mass is 16.2. The zero-order chi connectivity index (χ0) is 17.0. The number of rotatable bonds is 3. The topological polar surface area (TPSA) is 26.8 Å². The number of hydrogen-bond acceptors (Lipinski definition) is 3. The molecular formula is C20H29N3O. The summed E-state index contributed by atoms with van der Waals surface area (Å²) in [6.07, 6.45) is 7.20. The van der Waals surface area contributed by atoms with E-state index in [-0.39, 0.29) is 5.54 Å². The molecule has 1 amide bonds. The van der Waals surface area contributed by atoms with Crippen molar-refractivity contribution in [3.63, 3.8) is 0 Å². The smallest absolute Gasteiger partial charge is 0.222 e. The van der Waals surface area contributed by atoms with E-state index in [0.717, 1.165) is 45.6 Å². The molecule has 3 rings (SSSR count). The average molecular weight is 327 g/mol. The molecule has 0 bridgehead atoms. The predicted molar refractivity (Wildman–Crippen MR) is 98.8 cm³/mol. The van der Waals surface area contributed by atoms with E-state index in [1.807, 2.05) is 18.0 Å². The largest absolute Gasteiger partial charge is 0.346 e. The summed E-state index contributed by atoms with van der Waals surface area (Å²) in [4.78, 5) is 19.0. The number of likely N-dealkylation sites (tertiary alicyclic amines) is 1. The molecule has 1 spiro atoms. The van der Waals surface area contributed by atoms with Gasteiger partial charge < -0.3 is 4.90 Å². The third-order valence-corrected chi connectivity index (χ3v) is 5.70. The molecule has 0 radical (unpaired) electrons. The van der Waals surface area contributed by atoms with Gasteiger partial charge in [0, 0.05) is 51.7 Å². The molecule has 2 aliphatic rings. The average Bonchev–Trinajstić information content (AvgIpc) is 2.74. The Balaban J connectivity index is 1.63. The minimum Gasteiger partial charge on any atom is -0.346 e. The molecule has 2 aliphatic heterocycles. The van der Waals surface area contributed by atoms with Crippen LogP contribution in [0.15, 0.2) is 36.4 Å².